The number of aliphatic imine (C=N–C) groups is 1. The summed E-state index contributed by atoms with van der Waals surface area (Å²) >= 11 is 0. The number of nitrogens with zero attached hydrogens (tertiary/aromatic N) is 2. The first-order valence-electron chi connectivity index (χ1n) is 18.4. The van der Waals surface area contributed by atoms with Gasteiger partial charge in [0.2, 0.25) is 24.1 Å². The summed E-state index contributed by atoms with van der Waals surface area (Å²) in [6.07, 6.45) is 2.61. The minimum Gasteiger partial charge on any atom is -0.508 e. The van der Waals surface area contributed by atoms with Crippen molar-refractivity contribution >= 4 is 35.8 Å². The van der Waals surface area contributed by atoms with E-state index in [1.165, 1.54) is 19.2 Å². The van der Waals surface area contributed by atoms with Gasteiger partial charge in [0.15, 0.2) is 17.5 Å². The first-order chi connectivity index (χ1) is 26.4. The summed E-state index contributed by atoms with van der Waals surface area (Å²) in [5, 5.41) is 32.7. The van der Waals surface area contributed by atoms with Gasteiger partial charge < -0.3 is 52.1 Å². The largest absolute Gasteiger partial charge is 0.508 e. The van der Waals surface area contributed by atoms with Crippen molar-refractivity contribution in [3.63, 3.8) is 0 Å². The van der Waals surface area contributed by atoms with Crippen LogP contribution in [0.3, 0.4) is 0 Å². The van der Waals surface area contributed by atoms with E-state index in [9.17, 15) is 34.4 Å². The molecule has 0 heterocycles. The highest BCUT2D eigenvalue weighted by Gasteiger charge is 2.30. The van der Waals surface area contributed by atoms with Gasteiger partial charge in [-0.05, 0) is 90.5 Å². The highest BCUT2D eigenvalue weighted by molar-refractivity contribution is 5.88. The van der Waals surface area contributed by atoms with Crippen molar-refractivity contribution in [2.45, 2.75) is 103 Å². The third kappa shape index (κ3) is 17.2. The minimum atomic E-state index is -1.04. The van der Waals surface area contributed by atoms with Crippen molar-refractivity contribution in [1.82, 2.24) is 21.3 Å². The number of hydrogen-bond acceptors (Lipinski definition) is 11. The van der Waals surface area contributed by atoms with Crippen LogP contribution in [0.4, 0.5) is 5.69 Å². The Bertz CT molecular complexity index is 1650. The third-order valence-corrected chi connectivity index (χ3v) is 8.67. The van der Waals surface area contributed by atoms with Crippen molar-refractivity contribution in [2.75, 3.05) is 33.4 Å². The molecule has 0 saturated heterocycles. The molecule has 0 aromatic heterocycles. The lowest BCUT2D eigenvalue weighted by molar-refractivity contribution is -0.385. The molecule has 2 rings (SSSR count). The number of nitro groups is 1. The zero-order chi connectivity index (χ0) is 41.9. The molecule has 0 bridgehead atoms. The van der Waals surface area contributed by atoms with Crippen LogP contribution < -0.4 is 42.2 Å². The predicted molar refractivity (Wildman–Crippen MR) is 210 cm³/mol. The average molecular weight is 787 g/mol. The zero-order valence-corrected chi connectivity index (χ0v) is 33.1. The maximum atomic E-state index is 13.6. The molecule has 2 aromatic rings. The van der Waals surface area contributed by atoms with Gasteiger partial charge in [-0.3, -0.25) is 34.3 Å². The van der Waals surface area contributed by atoms with Gasteiger partial charge in [0, 0.05) is 31.7 Å². The van der Waals surface area contributed by atoms with Crippen molar-refractivity contribution in [3.8, 4) is 17.2 Å². The molecule has 0 fully saturated rings. The van der Waals surface area contributed by atoms with Gasteiger partial charge in [-0.1, -0.05) is 12.1 Å². The Kier molecular flexibility index (Phi) is 18.8. The number of methoxy groups -OCH3 is 1. The normalized spacial score (nSPS) is 12.4. The standard InChI is InChI=1S/C38H58N8O10/c1-25(44-35(51)29(9-7-17-42-36(39)40)45-34(50)23-38(4,5)56-20-16-37(2,3)43-24-47)28-21-31(54-6)32(22-30(28)46(52)53)55-19-8-10-33(49)41-18-15-26-11-13-27(48)14-12-26/h11-14,21-22,24-25,29,48H,7-10,15-20,23H2,1-6H3,(H,41,49)(H,43,47)(H,44,51)(H,45,50)(H4,39,40,42). The van der Waals surface area contributed by atoms with Crippen LogP contribution in [0.2, 0.25) is 0 Å². The number of nitro benzene ring substituents is 1. The van der Waals surface area contributed by atoms with Crippen LogP contribution in [-0.2, 0) is 30.3 Å². The van der Waals surface area contributed by atoms with Gasteiger partial charge in [-0.15, -0.1) is 0 Å². The number of ether oxygens (including phenoxy) is 3. The zero-order valence-electron chi connectivity index (χ0n) is 33.1. The molecule has 310 valence electrons. The van der Waals surface area contributed by atoms with E-state index in [1.807, 2.05) is 13.8 Å². The van der Waals surface area contributed by atoms with Gasteiger partial charge in [-0.2, -0.15) is 0 Å². The number of benzene rings is 2. The molecule has 9 N–H and O–H groups in total. The molecular formula is C38H58N8O10. The van der Waals surface area contributed by atoms with Gasteiger partial charge >= 0.3 is 0 Å². The molecular weight excluding hydrogens is 728 g/mol. The van der Waals surface area contributed by atoms with E-state index in [-0.39, 0.29) is 79.4 Å². The van der Waals surface area contributed by atoms with Crippen molar-refractivity contribution in [1.29, 1.82) is 0 Å². The Morgan fingerprint density at radius 1 is 1.02 bits per heavy atom. The fraction of sp³-hybridized carbons (Fsp3) is 0.553. The topological polar surface area (TPSA) is 272 Å². The molecule has 0 radical (unpaired) electrons. The summed E-state index contributed by atoms with van der Waals surface area (Å²) < 4.78 is 17.2. The van der Waals surface area contributed by atoms with Crippen LogP contribution >= 0.6 is 0 Å². The number of aromatic hydroxyl groups is 1. The number of carbonyl (C=O) groups is 4. The van der Waals surface area contributed by atoms with E-state index < -0.39 is 40.0 Å². The lowest BCUT2D eigenvalue weighted by atomic mass is 10.0. The molecule has 0 aliphatic carbocycles. The van der Waals surface area contributed by atoms with Gasteiger partial charge in [0.05, 0.1) is 48.3 Å². The highest BCUT2D eigenvalue weighted by Crippen LogP contribution is 2.37. The third-order valence-electron chi connectivity index (χ3n) is 8.67. The SMILES string of the molecule is COc1cc(C(C)NC(=O)C(CCCN=C(N)N)NC(=O)CC(C)(C)OCCC(C)(C)NC=O)c([N+](=O)[O-])cc1OCCCC(=O)NCCc1ccc(O)cc1. The first-order valence-corrected chi connectivity index (χ1v) is 18.4. The first kappa shape index (κ1) is 46.5. The number of guanidine groups is 1. The van der Waals surface area contributed by atoms with Crippen molar-refractivity contribution in [2.24, 2.45) is 16.5 Å². The number of nitrogens with one attached hydrogen (secondary N) is 4. The van der Waals surface area contributed by atoms with E-state index in [2.05, 4.69) is 26.3 Å². The molecule has 0 aliphatic rings. The van der Waals surface area contributed by atoms with E-state index in [1.54, 1.807) is 45.0 Å². The smallest absolute Gasteiger partial charge is 0.278 e. The number of phenolic OH excluding ortho intramolecular Hbond substituents is 1. The highest BCUT2D eigenvalue weighted by atomic mass is 16.6. The molecule has 0 saturated carbocycles. The maximum Gasteiger partial charge on any atom is 0.278 e. The second-order valence-electron chi connectivity index (χ2n) is 14.5. The molecule has 0 aliphatic heterocycles. The summed E-state index contributed by atoms with van der Waals surface area (Å²) in [5.74, 6) is -0.918. The molecule has 2 aromatic carbocycles. The van der Waals surface area contributed by atoms with Crippen LogP contribution in [0.5, 0.6) is 17.2 Å². The Labute approximate surface area is 327 Å². The van der Waals surface area contributed by atoms with Crippen molar-refractivity contribution < 1.29 is 43.4 Å². The fourth-order valence-corrected chi connectivity index (χ4v) is 5.52. The molecule has 56 heavy (non-hydrogen) atoms. The maximum absolute atomic E-state index is 13.6. The van der Waals surface area contributed by atoms with E-state index in [4.69, 9.17) is 25.7 Å². The molecule has 2 unspecified atom stereocenters. The second-order valence-corrected chi connectivity index (χ2v) is 14.5. The monoisotopic (exact) mass is 786 g/mol. The Balaban J connectivity index is 2.08. The average Bonchev–Trinajstić information content (AvgIpc) is 3.11. The molecule has 18 nitrogen and oxygen atoms in total. The summed E-state index contributed by atoms with van der Waals surface area (Å²) in [6, 6.07) is 7.39. The van der Waals surface area contributed by atoms with E-state index >= 15 is 0 Å². The number of rotatable bonds is 26. The summed E-state index contributed by atoms with van der Waals surface area (Å²) in [5.41, 5.74) is 10.2. The lowest BCUT2D eigenvalue weighted by Gasteiger charge is -2.29. The Hall–Kier alpha value is -5.65. The number of hydrogen-bond donors (Lipinski definition) is 7. The summed E-state index contributed by atoms with van der Waals surface area (Å²) in [4.78, 5) is 65.6. The number of phenols is 1. The van der Waals surface area contributed by atoms with E-state index in [0.717, 1.165) is 5.56 Å². The van der Waals surface area contributed by atoms with Gasteiger partial charge in [0.1, 0.15) is 11.8 Å². The molecule has 2 atom stereocenters. The Morgan fingerprint density at radius 2 is 1.71 bits per heavy atom. The molecule has 4 amide bonds. The fourth-order valence-electron chi connectivity index (χ4n) is 5.52. The molecule has 18 heteroatoms. The van der Waals surface area contributed by atoms with Crippen LogP contribution in [0.15, 0.2) is 41.4 Å². The van der Waals surface area contributed by atoms with Crippen LogP contribution in [-0.4, -0.2) is 90.7 Å². The van der Waals surface area contributed by atoms with Crippen LogP contribution in [0.25, 0.3) is 0 Å². The second kappa shape index (κ2) is 22.7. The Morgan fingerprint density at radius 3 is 2.34 bits per heavy atom. The number of amides is 4. The summed E-state index contributed by atoms with van der Waals surface area (Å²) in [7, 11) is 1.37. The quantitative estimate of drug-likeness (QED) is 0.0181. The number of carbonyl (C=O) groups excluding carboxylic acids is 4. The van der Waals surface area contributed by atoms with Crippen LogP contribution in [0, 0.1) is 10.1 Å². The van der Waals surface area contributed by atoms with Gasteiger partial charge in [0.25, 0.3) is 5.69 Å². The summed E-state index contributed by atoms with van der Waals surface area (Å²) in [6.45, 7) is 9.69. The van der Waals surface area contributed by atoms with Gasteiger partial charge in [-0.25, -0.2) is 0 Å². The number of nitrogens with two attached hydrogens (primary N) is 2. The van der Waals surface area contributed by atoms with Crippen molar-refractivity contribution in [3.05, 3.63) is 57.6 Å². The molecule has 0 spiro atoms. The lowest BCUT2D eigenvalue weighted by Crippen LogP contribution is -2.49. The predicted octanol–water partition coefficient (Wildman–Crippen LogP) is 2.64. The van der Waals surface area contributed by atoms with Crippen LogP contribution in [0.1, 0.15) is 90.3 Å². The van der Waals surface area contributed by atoms with E-state index in [0.29, 0.717) is 38.6 Å². The minimum absolute atomic E-state index is 0.0724.